The van der Waals surface area contributed by atoms with Crippen LogP contribution in [-0.2, 0) is 9.72 Å². The maximum absolute atomic E-state index is 16.0. The van der Waals surface area contributed by atoms with Gasteiger partial charge in [-0.1, -0.05) is 111 Å². The van der Waals surface area contributed by atoms with Crippen LogP contribution in [0.5, 0.6) is 5.75 Å². The molecule has 0 saturated heterocycles. The zero-order valence-electron chi connectivity index (χ0n) is 21.3. The molecule has 1 N–H and O–H groups in total. The first-order valence-corrected chi connectivity index (χ1v) is 13.8. The van der Waals surface area contributed by atoms with Crippen LogP contribution in [0.15, 0.2) is 97.1 Å². The molecule has 192 valence electrons. The third-order valence-electron chi connectivity index (χ3n) is 7.03. The summed E-state index contributed by atoms with van der Waals surface area (Å²) >= 11 is 0. The molecule has 2 nitrogen and oxygen atoms in total. The molecule has 0 saturated carbocycles. The number of benzene rings is 4. The third kappa shape index (κ3) is 4.30. The first-order valence-electron chi connectivity index (χ1n) is 12.1. The van der Waals surface area contributed by atoms with Crippen LogP contribution >= 0.6 is 7.14 Å². The lowest BCUT2D eigenvalue weighted by molar-refractivity contribution is -0.154. The molecular weight excluding hydrogens is 492 g/mol. The number of alkyl halides is 3. The highest BCUT2D eigenvalue weighted by Crippen LogP contribution is 2.71. The monoisotopic (exact) mass is 522 g/mol. The van der Waals surface area contributed by atoms with Gasteiger partial charge in [-0.3, -0.25) is 0 Å². The van der Waals surface area contributed by atoms with E-state index in [1.807, 2.05) is 13.8 Å². The molecule has 4 aromatic carbocycles. The molecule has 0 amide bonds. The Morgan fingerprint density at radius 2 is 1.14 bits per heavy atom. The van der Waals surface area contributed by atoms with Gasteiger partial charge in [0.2, 0.25) is 0 Å². The van der Waals surface area contributed by atoms with Crippen molar-refractivity contribution in [3.8, 4) is 5.75 Å². The quantitative estimate of drug-likeness (QED) is 0.261. The Kier molecular flexibility index (Phi) is 7.14. The number of rotatable bonds is 6. The van der Waals surface area contributed by atoms with Gasteiger partial charge in [0.05, 0.1) is 0 Å². The number of phenols is 1. The van der Waals surface area contributed by atoms with Gasteiger partial charge in [-0.15, -0.1) is 0 Å². The summed E-state index contributed by atoms with van der Waals surface area (Å²) < 4.78 is 63.6. The highest BCUT2D eigenvalue weighted by molar-refractivity contribution is 7.80. The minimum atomic E-state index is -4.97. The topological polar surface area (TPSA) is 37.3 Å². The number of aryl methyl sites for hydroxylation is 2. The van der Waals surface area contributed by atoms with Crippen LogP contribution in [0.25, 0.3) is 0 Å². The van der Waals surface area contributed by atoms with Crippen LogP contribution in [0.3, 0.4) is 0 Å². The molecule has 0 bridgehead atoms. The predicted octanol–water partition coefficient (Wildman–Crippen LogP) is 7.95. The van der Waals surface area contributed by atoms with E-state index in [2.05, 4.69) is 0 Å². The molecule has 0 heterocycles. The molecule has 0 aliphatic carbocycles. The van der Waals surface area contributed by atoms with Crippen LogP contribution in [-0.4, -0.2) is 11.3 Å². The van der Waals surface area contributed by atoms with E-state index in [-0.39, 0.29) is 44.5 Å². The Morgan fingerprint density at radius 1 is 0.703 bits per heavy atom. The third-order valence-corrected chi connectivity index (χ3v) is 10.8. The maximum atomic E-state index is 16.0. The van der Waals surface area contributed by atoms with Gasteiger partial charge in [-0.25, -0.2) is 0 Å². The van der Waals surface area contributed by atoms with E-state index in [0.717, 1.165) is 5.56 Å². The number of hydrogen-bond donors (Lipinski definition) is 1. The van der Waals surface area contributed by atoms with Crippen molar-refractivity contribution < 1.29 is 22.8 Å². The van der Waals surface area contributed by atoms with E-state index in [1.54, 1.807) is 62.4 Å². The summed E-state index contributed by atoms with van der Waals surface area (Å²) in [6.45, 7) is 7.06. The summed E-state index contributed by atoms with van der Waals surface area (Å²) in [6, 6.07) is 24.8. The molecule has 0 fully saturated rings. The summed E-state index contributed by atoms with van der Waals surface area (Å²) in [4.78, 5) is 0. The summed E-state index contributed by atoms with van der Waals surface area (Å²) in [5, 5.41) is 7.75. The van der Waals surface area contributed by atoms with E-state index in [0.29, 0.717) is 0 Å². The fourth-order valence-electron chi connectivity index (χ4n) is 5.12. The smallest absolute Gasteiger partial charge is 0.409 e. The highest BCUT2D eigenvalue weighted by Gasteiger charge is 2.68. The summed E-state index contributed by atoms with van der Waals surface area (Å²) in [6.07, 6.45) is -4.97. The lowest BCUT2D eigenvalue weighted by Crippen LogP contribution is -2.48. The van der Waals surface area contributed by atoms with Crippen molar-refractivity contribution in [2.24, 2.45) is 0 Å². The standard InChI is InChI=1S/C31H30F3O2P/c1-21(2)24-15-17-25(18-16-24)30(31(32,33)34,26-19-22(3)29(35)23(4)20-26)37(36,27-11-7-5-8-12-27)28-13-9-6-10-14-28/h5-21,35H,1-4H3. The second-order valence-corrected chi connectivity index (χ2v) is 12.6. The zero-order chi connectivity index (χ0) is 27.0. The molecule has 4 aromatic rings. The van der Waals surface area contributed by atoms with Gasteiger partial charge in [0, 0.05) is 10.6 Å². The first-order chi connectivity index (χ1) is 17.4. The summed E-state index contributed by atoms with van der Waals surface area (Å²) in [5.74, 6) is 0.0341. The molecule has 1 atom stereocenters. The van der Waals surface area contributed by atoms with E-state index in [4.69, 9.17) is 0 Å². The van der Waals surface area contributed by atoms with E-state index in [9.17, 15) is 5.11 Å². The number of phenolic OH excluding ortho intramolecular Hbond substituents is 1. The average Bonchev–Trinajstić information content (AvgIpc) is 2.88. The average molecular weight is 523 g/mol. The maximum Gasteiger partial charge on any atom is 0.409 e. The Morgan fingerprint density at radius 3 is 1.51 bits per heavy atom. The SMILES string of the molecule is Cc1cc(C(c2ccc(C(C)C)cc2)(C(F)(F)F)P(=O)(c2ccccc2)c2ccccc2)cc(C)c1O. The Balaban J connectivity index is 2.27. The van der Waals surface area contributed by atoms with Crippen molar-refractivity contribution in [2.75, 3.05) is 0 Å². The Bertz CT molecular complexity index is 1360. The minimum Gasteiger partial charge on any atom is -0.507 e. The van der Waals surface area contributed by atoms with Gasteiger partial charge in [-0.2, -0.15) is 13.2 Å². The van der Waals surface area contributed by atoms with Crippen molar-refractivity contribution in [2.45, 2.75) is 44.9 Å². The second-order valence-electron chi connectivity index (χ2n) is 9.72. The van der Waals surface area contributed by atoms with Gasteiger partial charge in [-0.05, 0) is 47.6 Å². The van der Waals surface area contributed by atoms with E-state index in [1.165, 1.54) is 48.5 Å². The molecule has 4 rings (SSSR count). The fourth-order valence-corrected chi connectivity index (χ4v) is 8.74. The Labute approximate surface area is 216 Å². The van der Waals surface area contributed by atoms with Gasteiger partial charge in [0.1, 0.15) is 5.75 Å². The highest BCUT2D eigenvalue weighted by atomic mass is 31.2. The zero-order valence-corrected chi connectivity index (χ0v) is 22.1. The Hall–Kier alpha value is -3.30. The van der Waals surface area contributed by atoms with Crippen LogP contribution in [0.1, 0.15) is 47.6 Å². The summed E-state index contributed by atoms with van der Waals surface area (Å²) in [5.41, 5.74) is 1.18. The van der Waals surface area contributed by atoms with Crippen molar-refractivity contribution in [3.05, 3.63) is 125 Å². The van der Waals surface area contributed by atoms with Gasteiger partial charge >= 0.3 is 6.18 Å². The molecule has 0 aliphatic heterocycles. The normalized spacial score (nSPS) is 13.9. The lowest BCUT2D eigenvalue weighted by Gasteiger charge is -2.44. The molecule has 0 aliphatic rings. The molecule has 1 unspecified atom stereocenters. The molecule has 0 spiro atoms. The number of aromatic hydroxyl groups is 1. The van der Waals surface area contributed by atoms with Crippen LogP contribution in [0, 0.1) is 13.8 Å². The molecule has 6 heteroatoms. The number of halogens is 3. The summed E-state index contributed by atoms with van der Waals surface area (Å²) in [7, 11) is -4.53. The fraction of sp³-hybridized carbons (Fsp3) is 0.226. The largest absolute Gasteiger partial charge is 0.507 e. The molecular formula is C31H30F3O2P. The van der Waals surface area contributed by atoms with Crippen LogP contribution < -0.4 is 10.6 Å². The van der Waals surface area contributed by atoms with E-state index >= 15 is 17.7 Å². The van der Waals surface area contributed by atoms with Gasteiger partial charge < -0.3 is 9.67 Å². The van der Waals surface area contributed by atoms with Crippen molar-refractivity contribution in [1.82, 2.24) is 0 Å². The molecule has 37 heavy (non-hydrogen) atoms. The molecule has 0 aromatic heterocycles. The predicted molar refractivity (Wildman–Crippen MR) is 145 cm³/mol. The lowest BCUT2D eigenvalue weighted by atomic mass is 9.86. The first kappa shape index (κ1) is 26.8. The van der Waals surface area contributed by atoms with Gasteiger partial charge in [0.25, 0.3) is 0 Å². The van der Waals surface area contributed by atoms with Crippen molar-refractivity contribution in [3.63, 3.8) is 0 Å². The van der Waals surface area contributed by atoms with Crippen molar-refractivity contribution in [1.29, 1.82) is 0 Å². The second kappa shape index (κ2) is 9.87. The van der Waals surface area contributed by atoms with Crippen molar-refractivity contribution >= 4 is 17.8 Å². The van der Waals surface area contributed by atoms with Crippen LogP contribution in [0.4, 0.5) is 13.2 Å². The minimum absolute atomic E-state index is 0.0794. The van der Waals surface area contributed by atoms with Crippen LogP contribution in [0.2, 0.25) is 0 Å². The van der Waals surface area contributed by atoms with Gasteiger partial charge in [0.15, 0.2) is 12.3 Å². The number of hydrogen-bond acceptors (Lipinski definition) is 2. The molecule has 0 radical (unpaired) electrons. The van der Waals surface area contributed by atoms with E-state index < -0.39 is 18.5 Å².